The number of nitro groups is 4. The zero-order valence-electron chi connectivity index (χ0n) is 24.0. The van der Waals surface area contributed by atoms with Gasteiger partial charge in [0.1, 0.15) is 0 Å². The van der Waals surface area contributed by atoms with Crippen LogP contribution in [0.4, 0.5) is 22.7 Å². The van der Waals surface area contributed by atoms with Gasteiger partial charge in [-0.2, -0.15) is 0 Å². The van der Waals surface area contributed by atoms with Gasteiger partial charge < -0.3 is 8.39 Å². The van der Waals surface area contributed by atoms with E-state index in [-0.39, 0.29) is 33.4 Å². The van der Waals surface area contributed by atoms with Crippen LogP contribution in [0.3, 0.4) is 0 Å². The van der Waals surface area contributed by atoms with E-state index in [4.69, 9.17) is 8.39 Å². The third-order valence-corrected chi connectivity index (χ3v) is 8.54. The maximum absolute atomic E-state index is 11.8. The van der Waals surface area contributed by atoms with Crippen molar-refractivity contribution in [2.24, 2.45) is 0 Å². The summed E-state index contributed by atoms with van der Waals surface area (Å²) >= 11 is 0. The van der Waals surface area contributed by atoms with Gasteiger partial charge in [0, 0.05) is 46.2 Å². The Hall–Kier alpha value is -6.70. The Labute approximate surface area is 267 Å². The summed E-state index contributed by atoms with van der Waals surface area (Å²) in [6.45, 7) is 0. The first-order valence-electron chi connectivity index (χ1n) is 13.9. The van der Waals surface area contributed by atoms with Crippen LogP contribution in [0.2, 0.25) is 0 Å². The van der Waals surface area contributed by atoms with E-state index in [0.717, 1.165) is 36.4 Å². The van der Waals surface area contributed by atoms with E-state index in [1.807, 2.05) is 0 Å². The second kappa shape index (κ2) is 11.3. The Balaban J connectivity index is 1.74. The zero-order chi connectivity index (χ0) is 33.9. The highest BCUT2D eigenvalue weighted by atomic mass is 31.1. The van der Waals surface area contributed by atoms with Crippen molar-refractivity contribution in [3.05, 3.63) is 138 Å². The minimum atomic E-state index is -2.83. The Bertz CT molecular complexity index is 2380. The monoisotopic (exact) mass is 664 g/mol. The molecule has 0 aliphatic carbocycles. The summed E-state index contributed by atoms with van der Waals surface area (Å²) in [5.41, 5.74) is -1.71. The quantitative estimate of drug-likeness (QED) is 0.130. The maximum Gasteiger partial charge on any atom is 0.384 e. The molecule has 0 saturated heterocycles. The molecular weight excluding hydrogens is 647 g/mol. The fourth-order valence-electron chi connectivity index (χ4n) is 5.87. The lowest BCUT2D eigenvalue weighted by atomic mass is 9.91. The highest BCUT2D eigenvalue weighted by Gasteiger charge is 2.25. The normalized spacial score (nSPS) is 11.3. The van der Waals surface area contributed by atoms with Crippen molar-refractivity contribution in [3.63, 3.8) is 0 Å². The van der Waals surface area contributed by atoms with Gasteiger partial charge in [-0.25, -0.2) is 0 Å². The van der Waals surface area contributed by atoms with Crippen LogP contribution in [0.1, 0.15) is 0 Å². The van der Waals surface area contributed by atoms with Gasteiger partial charge in [0.05, 0.1) is 31.8 Å². The van der Waals surface area contributed by atoms with Crippen molar-refractivity contribution in [3.8, 4) is 22.3 Å². The van der Waals surface area contributed by atoms with E-state index in [2.05, 4.69) is 0 Å². The lowest BCUT2D eigenvalue weighted by Gasteiger charge is -2.12. The standard InChI is InChI=1S/C32H17N4O11P/c37-33(38)21-9-19(10-22(15-21)34(39)40)27-13-17-5-1-3-7-25(17)29-30-26-8-4-2-6-18(26)14-28(32(30)47-48(45)46-31(27)29)20-11-23(35(41)42)16-24(12-20)36(43)44/h1-16,45H. The summed E-state index contributed by atoms with van der Waals surface area (Å²) in [7, 11) is -2.83. The van der Waals surface area contributed by atoms with E-state index >= 15 is 0 Å². The molecule has 7 rings (SSSR count). The third-order valence-electron chi connectivity index (χ3n) is 7.86. The van der Waals surface area contributed by atoms with Crippen LogP contribution in [0, 0.1) is 40.5 Å². The molecule has 0 bridgehead atoms. The summed E-state index contributed by atoms with van der Waals surface area (Å²) in [6, 6.07) is 23.6. The fraction of sp³-hybridized carbons (Fsp3) is 0. The number of hydrogen-bond acceptors (Lipinski definition) is 11. The van der Waals surface area contributed by atoms with Crippen molar-refractivity contribution in [1.29, 1.82) is 0 Å². The van der Waals surface area contributed by atoms with Crippen LogP contribution in [0.25, 0.3) is 65.7 Å². The lowest BCUT2D eigenvalue weighted by molar-refractivity contribution is -0.394. The molecule has 236 valence electrons. The summed E-state index contributed by atoms with van der Waals surface area (Å²) in [5, 5.41) is 50.2. The first-order chi connectivity index (χ1) is 23.0. The number of hydrogen-bond donors (Lipinski definition) is 1. The molecule has 0 saturated carbocycles. The Morgan fingerprint density at radius 2 is 0.833 bits per heavy atom. The van der Waals surface area contributed by atoms with Crippen molar-refractivity contribution in [2.45, 2.75) is 0 Å². The second-order valence-corrected chi connectivity index (χ2v) is 11.5. The summed E-state index contributed by atoms with van der Waals surface area (Å²) < 4.78 is 12.1. The average molecular weight is 664 g/mol. The third kappa shape index (κ3) is 5.01. The topological polar surface area (TPSA) is 219 Å². The van der Waals surface area contributed by atoms with E-state index in [1.165, 1.54) is 0 Å². The van der Waals surface area contributed by atoms with Crippen molar-refractivity contribution in [2.75, 3.05) is 0 Å². The molecule has 0 fully saturated rings. The van der Waals surface area contributed by atoms with Crippen LogP contribution in [0.5, 0.6) is 0 Å². The number of fused-ring (bicyclic) bond motifs is 7. The predicted octanol–water partition coefficient (Wildman–Crippen LogP) is 9.32. The molecule has 1 heterocycles. The summed E-state index contributed by atoms with van der Waals surface area (Å²) in [4.78, 5) is 55.4. The van der Waals surface area contributed by atoms with Crippen LogP contribution < -0.4 is 0 Å². The molecule has 0 amide bonds. The second-order valence-electron chi connectivity index (χ2n) is 10.6. The van der Waals surface area contributed by atoms with E-state index in [0.29, 0.717) is 32.3 Å². The van der Waals surface area contributed by atoms with Crippen LogP contribution in [0.15, 0.2) is 105 Å². The number of benzene rings is 6. The van der Waals surface area contributed by atoms with Gasteiger partial charge in [0.2, 0.25) is 0 Å². The summed E-state index contributed by atoms with van der Waals surface area (Å²) in [5.74, 6) is 0. The molecule has 0 atom stereocenters. The first kappa shape index (κ1) is 30.0. The van der Waals surface area contributed by atoms with Gasteiger partial charge >= 0.3 is 8.24 Å². The minimum absolute atomic E-state index is 0.00295. The highest BCUT2D eigenvalue weighted by Crippen LogP contribution is 2.47. The van der Waals surface area contributed by atoms with E-state index < -0.39 is 50.7 Å². The number of nitrogens with zero attached hydrogens (tertiary/aromatic N) is 4. The molecule has 16 heteroatoms. The Morgan fingerprint density at radius 3 is 1.17 bits per heavy atom. The van der Waals surface area contributed by atoms with Crippen LogP contribution in [-0.4, -0.2) is 24.6 Å². The molecule has 15 nitrogen and oxygen atoms in total. The van der Waals surface area contributed by atoms with Gasteiger partial charge in [-0.05, 0) is 44.8 Å². The highest BCUT2D eigenvalue weighted by molar-refractivity contribution is 7.30. The minimum Gasteiger partial charge on any atom is -0.398 e. The van der Waals surface area contributed by atoms with Gasteiger partial charge in [0.15, 0.2) is 11.2 Å². The Morgan fingerprint density at radius 1 is 0.500 bits per heavy atom. The van der Waals surface area contributed by atoms with Crippen molar-refractivity contribution >= 4 is 74.5 Å². The zero-order valence-corrected chi connectivity index (χ0v) is 24.9. The van der Waals surface area contributed by atoms with Gasteiger partial charge in [-0.3, -0.25) is 45.4 Å². The molecule has 6 aromatic carbocycles. The molecule has 1 aromatic heterocycles. The number of non-ortho nitro benzene ring substituents is 4. The van der Waals surface area contributed by atoms with Crippen LogP contribution in [-0.2, 0) is 0 Å². The number of rotatable bonds is 6. The van der Waals surface area contributed by atoms with Crippen LogP contribution >= 0.6 is 8.24 Å². The SMILES string of the molecule is O=[N+]([O-])c1cc(-c2cc3ccccc3c3c2op(O)oc2c(-c4cc([N+](=O)[O-])cc([N+](=O)[O-])c4)cc4ccccc4c23)cc([N+](=O)[O-])c1. The predicted molar refractivity (Wildman–Crippen MR) is 176 cm³/mol. The Kier molecular flexibility index (Phi) is 7.04. The molecule has 48 heavy (non-hydrogen) atoms. The first-order valence-corrected chi connectivity index (χ1v) is 15.0. The largest absolute Gasteiger partial charge is 0.398 e. The number of nitro benzene ring substituents is 4. The maximum atomic E-state index is 11.8. The molecule has 0 aliphatic rings. The molecule has 1 N–H and O–H groups in total. The molecule has 7 aromatic rings. The average Bonchev–Trinajstić information content (AvgIpc) is 3.23. The van der Waals surface area contributed by atoms with Crippen molar-refractivity contribution in [1.82, 2.24) is 0 Å². The molecule has 0 unspecified atom stereocenters. The molecular formula is C32H17N4O11P. The van der Waals surface area contributed by atoms with Crippen molar-refractivity contribution < 1.29 is 33.0 Å². The summed E-state index contributed by atoms with van der Waals surface area (Å²) in [6.07, 6.45) is 0. The van der Waals surface area contributed by atoms with Gasteiger partial charge in [-0.1, -0.05) is 48.5 Å². The smallest absolute Gasteiger partial charge is 0.384 e. The van der Waals surface area contributed by atoms with Gasteiger partial charge in [0.25, 0.3) is 22.7 Å². The van der Waals surface area contributed by atoms with E-state index in [1.54, 1.807) is 60.7 Å². The van der Waals surface area contributed by atoms with E-state index in [9.17, 15) is 45.4 Å². The van der Waals surface area contributed by atoms with Gasteiger partial charge in [-0.15, -0.1) is 0 Å². The molecule has 0 aliphatic heterocycles. The molecule has 0 radical (unpaired) electrons. The molecule has 0 spiro atoms. The fourth-order valence-corrected chi connectivity index (χ4v) is 6.60. The lowest BCUT2D eigenvalue weighted by Crippen LogP contribution is -1.95.